The van der Waals surface area contributed by atoms with Crippen LogP contribution in [-0.2, 0) is 0 Å². The van der Waals surface area contributed by atoms with Crippen molar-refractivity contribution in [2.45, 2.75) is 0 Å². The van der Waals surface area contributed by atoms with Crippen LogP contribution >= 0.6 is 0 Å². The van der Waals surface area contributed by atoms with Crippen molar-refractivity contribution < 1.29 is 4.79 Å². The lowest BCUT2D eigenvalue weighted by atomic mass is 10.1. The molecule has 1 amide bonds. The van der Waals surface area contributed by atoms with Gasteiger partial charge in [0.25, 0.3) is 5.91 Å². The normalized spacial score (nSPS) is 11.0. The van der Waals surface area contributed by atoms with Gasteiger partial charge in [-0.2, -0.15) is 0 Å². The average molecular weight is 275 g/mol. The largest absolute Gasteiger partial charge is 0.357 e. The van der Waals surface area contributed by atoms with E-state index in [1.54, 1.807) is 18.3 Å². The zero-order chi connectivity index (χ0) is 14.2. The second-order valence-corrected chi connectivity index (χ2v) is 4.94. The van der Waals surface area contributed by atoms with E-state index in [-0.39, 0.29) is 5.91 Å². The van der Waals surface area contributed by atoms with E-state index in [0.29, 0.717) is 5.69 Å². The molecule has 0 spiro atoms. The molecule has 4 aromatic rings. The number of benzene rings is 2. The molecule has 0 bridgehead atoms. The van der Waals surface area contributed by atoms with Crippen LogP contribution < -0.4 is 5.32 Å². The van der Waals surface area contributed by atoms with Crippen LogP contribution in [0.4, 0.5) is 5.69 Å². The molecule has 0 radical (unpaired) electrons. The lowest BCUT2D eigenvalue weighted by Gasteiger charge is -2.05. The Morgan fingerprint density at radius 3 is 2.62 bits per heavy atom. The van der Waals surface area contributed by atoms with E-state index in [1.165, 1.54) is 0 Å². The number of hydrogen-bond acceptors (Lipinski definition) is 1. The van der Waals surface area contributed by atoms with Gasteiger partial charge in [0.05, 0.1) is 11.2 Å². The summed E-state index contributed by atoms with van der Waals surface area (Å²) in [5.74, 6) is -0.147. The van der Waals surface area contributed by atoms with Gasteiger partial charge in [0.15, 0.2) is 0 Å². The number of para-hydroxylation sites is 2. The molecule has 0 aliphatic rings. The molecule has 4 nitrogen and oxygen atoms in total. The van der Waals surface area contributed by atoms with E-state index >= 15 is 0 Å². The van der Waals surface area contributed by atoms with Gasteiger partial charge < -0.3 is 15.3 Å². The van der Waals surface area contributed by atoms with Gasteiger partial charge >= 0.3 is 0 Å². The lowest BCUT2D eigenvalue weighted by molar-refractivity contribution is 0.102. The van der Waals surface area contributed by atoms with Crippen molar-refractivity contribution in [2.75, 3.05) is 5.32 Å². The highest BCUT2D eigenvalue weighted by molar-refractivity contribution is 6.14. The Kier molecular flexibility index (Phi) is 2.54. The van der Waals surface area contributed by atoms with Crippen molar-refractivity contribution in [1.82, 2.24) is 9.97 Å². The predicted molar refractivity (Wildman–Crippen MR) is 84.6 cm³/mol. The molecule has 0 atom stereocenters. The van der Waals surface area contributed by atoms with Gasteiger partial charge in [0.2, 0.25) is 0 Å². The highest BCUT2D eigenvalue weighted by atomic mass is 16.1. The van der Waals surface area contributed by atoms with Crippen LogP contribution in [0.1, 0.15) is 10.5 Å². The molecule has 2 aromatic heterocycles. The third-order valence-corrected chi connectivity index (χ3v) is 3.63. The number of aromatic amines is 2. The lowest BCUT2D eigenvalue weighted by Crippen LogP contribution is -2.12. The maximum atomic E-state index is 12.2. The van der Waals surface area contributed by atoms with Crippen LogP contribution in [0.15, 0.2) is 60.8 Å². The van der Waals surface area contributed by atoms with Crippen LogP contribution in [-0.4, -0.2) is 15.9 Å². The summed E-state index contributed by atoms with van der Waals surface area (Å²) >= 11 is 0. The van der Waals surface area contributed by atoms with Gasteiger partial charge in [-0.05, 0) is 24.3 Å². The average Bonchev–Trinajstić information content (AvgIpc) is 3.15. The van der Waals surface area contributed by atoms with Crippen molar-refractivity contribution in [3.05, 3.63) is 66.5 Å². The molecular formula is C17H13N3O. The Balaban J connectivity index is 1.84. The quantitative estimate of drug-likeness (QED) is 0.510. The number of H-pyrrole nitrogens is 2. The van der Waals surface area contributed by atoms with Gasteiger partial charge in [-0.1, -0.05) is 30.3 Å². The fourth-order valence-electron chi connectivity index (χ4n) is 2.64. The first kappa shape index (κ1) is 11.8. The molecule has 102 valence electrons. The third kappa shape index (κ3) is 1.89. The summed E-state index contributed by atoms with van der Waals surface area (Å²) in [4.78, 5) is 18.5. The predicted octanol–water partition coefficient (Wildman–Crippen LogP) is 3.90. The second kappa shape index (κ2) is 4.52. The molecular weight excluding hydrogens is 262 g/mol. The molecule has 2 heterocycles. The minimum Gasteiger partial charge on any atom is -0.357 e. The standard InChI is InChI=1S/C17H13N3O/c21-17(15-9-4-10-18-15)20-14-8-3-6-12-11-5-1-2-7-13(11)19-16(12)14/h1-10,18-19H,(H,20,21). The van der Waals surface area contributed by atoms with Crippen molar-refractivity contribution in [3.8, 4) is 0 Å². The van der Waals surface area contributed by atoms with Crippen molar-refractivity contribution in [3.63, 3.8) is 0 Å². The first-order valence-electron chi connectivity index (χ1n) is 6.77. The number of amides is 1. The number of carbonyl (C=O) groups excluding carboxylic acids is 1. The van der Waals surface area contributed by atoms with E-state index in [0.717, 1.165) is 27.5 Å². The number of fused-ring (bicyclic) bond motifs is 3. The Morgan fingerprint density at radius 2 is 1.76 bits per heavy atom. The zero-order valence-electron chi connectivity index (χ0n) is 11.2. The number of hydrogen-bond donors (Lipinski definition) is 3. The van der Waals surface area contributed by atoms with Crippen LogP contribution in [0.3, 0.4) is 0 Å². The molecule has 0 saturated carbocycles. The molecule has 0 aliphatic heterocycles. The molecule has 0 saturated heterocycles. The molecule has 4 heteroatoms. The number of rotatable bonds is 2. The van der Waals surface area contributed by atoms with Crippen molar-refractivity contribution in [1.29, 1.82) is 0 Å². The number of aromatic nitrogens is 2. The first-order chi connectivity index (χ1) is 10.3. The van der Waals surface area contributed by atoms with E-state index in [2.05, 4.69) is 27.4 Å². The van der Waals surface area contributed by atoms with Crippen LogP contribution in [0.5, 0.6) is 0 Å². The fourth-order valence-corrected chi connectivity index (χ4v) is 2.64. The summed E-state index contributed by atoms with van der Waals surface area (Å²) in [5, 5.41) is 5.21. The third-order valence-electron chi connectivity index (χ3n) is 3.63. The van der Waals surface area contributed by atoms with Crippen LogP contribution in [0, 0.1) is 0 Å². The molecule has 0 fully saturated rings. The molecule has 21 heavy (non-hydrogen) atoms. The summed E-state index contributed by atoms with van der Waals surface area (Å²) in [5.41, 5.74) is 3.33. The minimum atomic E-state index is -0.147. The zero-order valence-corrected chi connectivity index (χ0v) is 11.2. The van der Waals surface area contributed by atoms with Crippen molar-refractivity contribution >= 4 is 33.4 Å². The number of anilines is 1. The Bertz CT molecular complexity index is 935. The first-order valence-corrected chi connectivity index (χ1v) is 6.77. The van der Waals surface area contributed by atoms with E-state index in [9.17, 15) is 4.79 Å². The van der Waals surface area contributed by atoms with E-state index in [1.807, 2.05) is 30.3 Å². The van der Waals surface area contributed by atoms with E-state index in [4.69, 9.17) is 0 Å². The smallest absolute Gasteiger partial charge is 0.272 e. The molecule has 2 aromatic carbocycles. The summed E-state index contributed by atoms with van der Waals surface area (Å²) in [6, 6.07) is 17.6. The van der Waals surface area contributed by atoms with Crippen molar-refractivity contribution in [2.24, 2.45) is 0 Å². The molecule has 0 aliphatic carbocycles. The topological polar surface area (TPSA) is 60.7 Å². The fraction of sp³-hybridized carbons (Fsp3) is 0. The molecule has 0 unspecified atom stereocenters. The highest BCUT2D eigenvalue weighted by Crippen LogP contribution is 2.30. The number of nitrogens with one attached hydrogen (secondary N) is 3. The summed E-state index contributed by atoms with van der Waals surface area (Å²) < 4.78 is 0. The summed E-state index contributed by atoms with van der Waals surface area (Å²) in [6.45, 7) is 0. The minimum absolute atomic E-state index is 0.147. The van der Waals surface area contributed by atoms with Gasteiger partial charge in [-0.3, -0.25) is 4.79 Å². The monoisotopic (exact) mass is 275 g/mol. The van der Waals surface area contributed by atoms with Crippen LogP contribution in [0.25, 0.3) is 21.8 Å². The molecule has 4 rings (SSSR count). The second-order valence-electron chi connectivity index (χ2n) is 4.94. The highest BCUT2D eigenvalue weighted by Gasteiger charge is 2.11. The summed E-state index contributed by atoms with van der Waals surface area (Å²) in [7, 11) is 0. The Morgan fingerprint density at radius 1 is 0.905 bits per heavy atom. The molecule has 3 N–H and O–H groups in total. The van der Waals surface area contributed by atoms with E-state index < -0.39 is 0 Å². The maximum absolute atomic E-state index is 12.2. The summed E-state index contributed by atoms with van der Waals surface area (Å²) in [6.07, 6.45) is 1.73. The number of carbonyl (C=O) groups is 1. The van der Waals surface area contributed by atoms with Gasteiger partial charge in [0.1, 0.15) is 5.69 Å². The van der Waals surface area contributed by atoms with Crippen LogP contribution in [0.2, 0.25) is 0 Å². The van der Waals surface area contributed by atoms with Gasteiger partial charge in [-0.25, -0.2) is 0 Å². The SMILES string of the molecule is O=C(Nc1cccc2c1[nH]c1ccccc12)c1ccc[nH]1. The maximum Gasteiger partial charge on any atom is 0.272 e. The Hall–Kier alpha value is -3.01. The van der Waals surface area contributed by atoms with Gasteiger partial charge in [-0.15, -0.1) is 0 Å². The van der Waals surface area contributed by atoms with Gasteiger partial charge in [0, 0.05) is 22.5 Å². The Labute approximate surface area is 120 Å².